The number of methoxy groups -OCH3 is 1. The summed E-state index contributed by atoms with van der Waals surface area (Å²) in [6.07, 6.45) is 0. The van der Waals surface area contributed by atoms with Gasteiger partial charge in [0.05, 0.1) is 6.61 Å². The van der Waals surface area contributed by atoms with E-state index in [1.54, 1.807) is 13.9 Å². The van der Waals surface area contributed by atoms with Crippen LogP contribution in [0.3, 0.4) is 0 Å². The molecule has 6 heteroatoms. The minimum atomic E-state index is -0.619. The molecule has 1 aliphatic rings. The van der Waals surface area contributed by atoms with E-state index in [1.807, 2.05) is 35.1 Å². The van der Waals surface area contributed by atoms with Crippen molar-refractivity contribution in [1.82, 2.24) is 0 Å². The molecule has 2 N–H and O–H groups in total. The van der Waals surface area contributed by atoms with Crippen molar-refractivity contribution < 1.29 is 19.6 Å². The summed E-state index contributed by atoms with van der Waals surface area (Å²) in [5.41, 5.74) is 1.86. The van der Waals surface area contributed by atoms with Crippen molar-refractivity contribution in [3.05, 3.63) is 35.9 Å². The molecule has 2 aromatic carbocycles. The standard InChI is InChI=1S/C16H20BNO4/c1-17(20)18-8-12(9-19)15-14(18)7-11-5-3-4-6-13(11)16(15)22-10-21-2/h3-7,12,19-20H,8-10H2,1-2H3. The lowest BCUT2D eigenvalue weighted by molar-refractivity contribution is 0.0512. The summed E-state index contributed by atoms with van der Waals surface area (Å²) in [7, 11) is 0.962. The molecule has 1 aliphatic heterocycles. The molecular weight excluding hydrogens is 281 g/mol. The lowest BCUT2D eigenvalue weighted by atomic mass is 9.85. The minimum Gasteiger partial charge on any atom is -0.467 e. The maximum absolute atomic E-state index is 10.0. The molecule has 0 saturated heterocycles. The van der Waals surface area contributed by atoms with E-state index < -0.39 is 7.05 Å². The van der Waals surface area contributed by atoms with E-state index >= 15 is 0 Å². The summed E-state index contributed by atoms with van der Waals surface area (Å²) in [5, 5.41) is 21.8. The topological polar surface area (TPSA) is 62.2 Å². The van der Waals surface area contributed by atoms with Gasteiger partial charge < -0.3 is 24.4 Å². The lowest BCUT2D eigenvalue weighted by Crippen LogP contribution is -2.36. The molecule has 0 saturated carbocycles. The Balaban J connectivity index is 2.23. The van der Waals surface area contributed by atoms with Crippen LogP contribution in [0.25, 0.3) is 10.8 Å². The predicted molar refractivity (Wildman–Crippen MR) is 87.5 cm³/mol. The summed E-state index contributed by atoms with van der Waals surface area (Å²) in [4.78, 5) is 1.89. The first-order chi connectivity index (χ1) is 10.7. The second kappa shape index (κ2) is 6.16. The first-order valence-corrected chi connectivity index (χ1v) is 7.40. The fraction of sp³-hybridized carbons (Fsp3) is 0.375. The average molecular weight is 301 g/mol. The van der Waals surface area contributed by atoms with Gasteiger partial charge in [-0.15, -0.1) is 0 Å². The second-order valence-electron chi connectivity index (χ2n) is 5.57. The Hall–Kier alpha value is -1.76. The Labute approximate surface area is 130 Å². The zero-order valence-corrected chi connectivity index (χ0v) is 12.8. The van der Waals surface area contributed by atoms with Gasteiger partial charge in [0.2, 0.25) is 0 Å². The summed E-state index contributed by atoms with van der Waals surface area (Å²) in [6, 6.07) is 10.00. The van der Waals surface area contributed by atoms with Crippen LogP contribution < -0.4 is 9.55 Å². The second-order valence-corrected chi connectivity index (χ2v) is 5.57. The van der Waals surface area contributed by atoms with Crippen LogP contribution in [0, 0.1) is 0 Å². The van der Waals surface area contributed by atoms with Crippen LogP contribution in [0.5, 0.6) is 5.75 Å². The van der Waals surface area contributed by atoms with Crippen LogP contribution in [0.15, 0.2) is 30.3 Å². The Morgan fingerprint density at radius 3 is 2.82 bits per heavy atom. The van der Waals surface area contributed by atoms with E-state index in [-0.39, 0.29) is 19.3 Å². The number of aliphatic hydroxyl groups is 1. The molecule has 0 spiro atoms. The molecule has 22 heavy (non-hydrogen) atoms. The number of hydrogen-bond donors (Lipinski definition) is 2. The molecule has 0 aromatic heterocycles. The highest BCUT2D eigenvalue weighted by molar-refractivity contribution is 6.54. The first kappa shape index (κ1) is 15.2. The molecule has 1 unspecified atom stereocenters. The Bertz CT molecular complexity index is 676. The zero-order valence-electron chi connectivity index (χ0n) is 12.8. The van der Waals surface area contributed by atoms with Crippen LogP contribution in [0.1, 0.15) is 11.5 Å². The van der Waals surface area contributed by atoms with E-state index in [4.69, 9.17) is 9.47 Å². The fourth-order valence-corrected chi connectivity index (χ4v) is 3.15. The van der Waals surface area contributed by atoms with Crippen molar-refractivity contribution in [2.75, 3.05) is 31.9 Å². The third-order valence-electron chi connectivity index (χ3n) is 4.15. The van der Waals surface area contributed by atoms with Gasteiger partial charge in [-0.25, -0.2) is 0 Å². The van der Waals surface area contributed by atoms with Crippen molar-refractivity contribution in [3.8, 4) is 5.75 Å². The Morgan fingerprint density at radius 2 is 2.14 bits per heavy atom. The van der Waals surface area contributed by atoms with E-state index in [0.717, 1.165) is 27.8 Å². The van der Waals surface area contributed by atoms with Crippen molar-refractivity contribution >= 4 is 23.5 Å². The molecule has 0 amide bonds. The molecule has 116 valence electrons. The quantitative estimate of drug-likeness (QED) is 0.651. The van der Waals surface area contributed by atoms with Crippen molar-refractivity contribution in [2.24, 2.45) is 0 Å². The van der Waals surface area contributed by atoms with Crippen LogP contribution in [-0.4, -0.2) is 44.2 Å². The SMILES string of the molecule is COCOc1c2c(cc3ccccc13)N(B(C)O)CC2CO. The van der Waals surface area contributed by atoms with Gasteiger partial charge in [-0.2, -0.15) is 0 Å². The van der Waals surface area contributed by atoms with E-state index in [0.29, 0.717) is 6.54 Å². The van der Waals surface area contributed by atoms with E-state index in [9.17, 15) is 10.1 Å². The number of anilines is 1. The van der Waals surface area contributed by atoms with Crippen LogP contribution in [0.2, 0.25) is 6.82 Å². The third-order valence-corrected chi connectivity index (χ3v) is 4.15. The average Bonchev–Trinajstić information content (AvgIpc) is 2.90. The highest BCUT2D eigenvalue weighted by Gasteiger charge is 2.35. The summed E-state index contributed by atoms with van der Waals surface area (Å²) < 4.78 is 10.9. The fourth-order valence-electron chi connectivity index (χ4n) is 3.15. The smallest absolute Gasteiger partial charge is 0.409 e. The van der Waals surface area contributed by atoms with Gasteiger partial charge in [0.15, 0.2) is 6.79 Å². The number of hydrogen-bond acceptors (Lipinski definition) is 5. The van der Waals surface area contributed by atoms with Gasteiger partial charge in [0.1, 0.15) is 5.75 Å². The van der Waals surface area contributed by atoms with Gasteiger partial charge in [-0.3, -0.25) is 0 Å². The molecule has 1 atom stereocenters. The van der Waals surface area contributed by atoms with Gasteiger partial charge in [-0.1, -0.05) is 24.3 Å². The number of ether oxygens (including phenoxy) is 2. The van der Waals surface area contributed by atoms with Gasteiger partial charge >= 0.3 is 7.05 Å². The van der Waals surface area contributed by atoms with Crippen molar-refractivity contribution in [3.63, 3.8) is 0 Å². The lowest BCUT2D eigenvalue weighted by Gasteiger charge is -2.21. The number of aliphatic hydroxyl groups excluding tert-OH is 1. The molecule has 0 radical (unpaired) electrons. The van der Waals surface area contributed by atoms with Crippen LogP contribution in [0.4, 0.5) is 5.69 Å². The van der Waals surface area contributed by atoms with Gasteiger partial charge in [0, 0.05) is 36.2 Å². The number of benzene rings is 2. The normalized spacial score (nSPS) is 16.9. The highest BCUT2D eigenvalue weighted by Crippen LogP contribution is 2.46. The van der Waals surface area contributed by atoms with Crippen molar-refractivity contribution in [1.29, 1.82) is 0 Å². The molecule has 0 fully saturated rings. The first-order valence-electron chi connectivity index (χ1n) is 7.40. The molecule has 3 rings (SSSR count). The Morgan fingerprint density at radius 1 is 1.36 bits per heavy atom. The number of fused-ring (bicyclic) bond motifs is 2. The Kier molecular flexibility index (Phi) is 4.24. The molecule has 5 nitrogen and oxygen atoms in total. The van der Waals surface area contributed by atoms with E-state index in [2.05, 4.69) is 0 Å². The predicted octanol–water partition coefficient (Wildman–Crippen LogP) is 1.83. The largest absolute Gasteiger partial charge is 0.467 e. The maximum Gasteiger partial charge on any atom is 0.409 e. The summed E-state index contributed by atoms with van der Waals surface area (Å²) >= 11 is 0. The van der Waals surface area contributed by atoms with Crippen LogP contribution >= 0.6 is 0 Å². The molecule has 2 aromatic rings. The van der Waals surface area contributed by atoms with E-state index in [1.165, 1.54) is 0 Å². The third kappa shape index (κ3) is 2.43. The van der Waals surface area contributed by atoms with Gasteiger partial charge in [-0.05, 0) is 18.3 Å². The van der Waals surface area contributed by atoms with Crippen LogP contribution in [-0.2, 0) is 4.74 Å². The molecule has 0 bridgehead atoms. The zero-order chi connectivity index (χ0) is 15.7. The summed E-state index contributed by atoms with van der Waals surface area (Å²) in [5.74, 6) is 0.651. The molecule has 1 heterocycles. The van der Waals surface area contributed by atoms with Gasteiger partial charge in [0.25, 0.3) is 0 Å². The maximum atomic E-state index is 10.0. The van der Waals surface area contributed by atoms with Crippen molar-refractivity contribution in [2.45, 2.75) is 12.7 Å². The summed E-state index contributed by atoms with van der Waals surface area (Å²) in [6.45, 7) is 2.46. The number of rotatable bonds is 5. The molecular formula is C16H20BNO4. The number of nitrogens with zero attached hydrogens (tertiary/aromatic N) is 1. The monoisotopic (exact) mass is 301 g/mol. The molecule has 0 aliphatic carbocycles. The minimum absolute atomic E-state index is 0.0118. The highest BCUT2D eigenvalue weighted by atomic mass is 16.7.